The van der Waals surface area contributed by atoms with Crippen molar-refractivity contribution in [3.05, 3.63) is 36.2 Å². The van der Waals surface area contributed by atoms with Gasteiger partial charge in [-0.25, -0.2) is 4.98 Å². The molecule has 1 saturated heterocycles. The van der Waals surface area contributed by atoms with Crippen LogP contribution in [0.25, 0.3) is 0 Å². The molecular weight excluding hydrogens is 256 g/mol. The van der Waals surface area contributed by atoms with Crippen LogP contribution in [0, 0.1) is 0 Å². The molecule has 7 heteroatoms. The number of nitrogen functional groups attached to an aromatic ring is 1. The first-order chi connectivity index (χ1) is 9.75. The Morgan fingerprint density at radius 2 is 2.05 bits per heavy atom. The van der Waals surface area contributed by atoms with Gasteiger partial charge in [-0.3, -0.25) is 9.89 Å². The number of aromatic nitrogens is 3. The van der Waals surface area contributed by atoms with E-state index in [0.717, 1.165) is 18.9 Å². The third-order valence-electron chi connectivity index (χ3n) is 3.44. The maximum Gasteiger partial charge on any atom is 0.259 e. The number of H-pyrrole nitrogens is 1. The molecule has 1 aliphatic heterocycles. The van der Waals surface area contributed by atoms with E-state index in [9.17, 15) is 4.79 Å². The number of carbonyl (C=O) groups excluding carboxylic acids is 1. The second kappa shape index (κ2) is 5.20. The SMILES string of the molecule is Nc1[nH]ncc1C(=O)N1CCN(c2ccccn2)CC1. The molecule has 1 aliphatic rings. The van der Waals surface area contributed by atoms with Crippen LogP contribution in [0.3, 0.4) is 0 Å². The zero-order valence-electron chi connectivity index (χ0n) is 11.0. The molecule has 7 nitrogen and oxygen atoms in total. The minimum Gasteiger partial charge on any atom is -0.383 e. The Morgan fingerprint density at radius 1 is 1.25 bits per heavy atom. The summed E-state index contributed by atoms with van der Waals surface area (Å²) in [5, 5.41) is 6.37. The summed E-state index contributed by atoms with van der Waals surface area (Å²) in [5.41, 5.74) is 6.12. The zero-order valence-corrected chi connectivity index (χ0v) is 11.0. The van der Waals surface area contributed by atoms with E-state index in [4.69, 9.17) is 5.73 Å². The van der Waals surface area contributed by atoms with Crippen molar-refractivity contribution in [1.82, 2.24) is 20.1 Å². The number of anilines is 2. The first-order valence-electron chi connectivity index (χ1n) is 6.50. The van der Waals surface area contributed by atoms with Gasteiger partial charge < -0.3 is 15.5 Å². The first-order valence-corrected chi connectivity index (χ1v) is 6.50. The number of rotatable bonds is 2. The summed E-state index contributed by atoms with van der Waals surface area (Å²) in [4.78, 5) is 20.6. The first kappa shape index (κ1) is 12.5. The molecule has 3 N–H and O–H groups in total. The number of nitrogens with two attached hydrogens (primary N) is 1. The maximum atomic E-state index is 12.3. The number of nitrogens with zero attached hydrogens (tertiary/aromatic N) is 4. The van der Waals surface area contributed by atoms with E-state index in [1.807, 2.05) is 18.2 Å². The lowest BCUT2D eigenvalue weighted by Gasteiger charge is -2.35. The number of hydrogen-bond acceptors (Lipinski definition) is 5. The average Bonchev–Trinajstić information content (AvgIpc) is 2.94. The summed E-state index contributed by atoms with van der Waals surface area (Å²) in [6.45, 7) is 2.83. The highest BCUT2D eigenvalue weighted by atomic mass is 16.2. The quantitative estimate of drug-likeness (QED) is 0.823. The van der Waals surface area contributed by atoms with Gasteiger partial charge in [-0.1, -0.05) is 6.07 Å². The second-order valence-electron chi connectivity index (χ2n) is 4.66. The summed E-state index contributed by atoms with van der Waals surface area (Å²) in [6.07, 6.45) is 3.25. The van der Waals surface area contributed by atoms with Crippen molar-refractivity contribution in [3.8, 4) is 0 Å². The van der Waals surface area contributed by atoms with Crippen LogP contribution in [0.15, 0.2) is 30.6 Å². The van der Waals surface area contributed by atoms with Crippen LogP contribution in [0.4, 0.5) is 11.6 Å². The lowest BCUT2D eigenvalue weighted by molar-refractivity contribution is 0.0747. The highest BCUT2D eigenvalue weighted by Gasteiger charge is 2.24. The van der Waals surface area contributed by atoms with E-state index in [0.29, 0.717) is 24.5 Å². The summed E-state index contributed by atoms with van der Waals surface area (Å²) in [6, 6.07) is 5.84. The van der Waals surface area contributed by atoms with Crippen LogP contribution >= 0.6 is 0 Å². The van der Waals surface area contributed by atoms with Crippen molar-refractivity contribution in [2.24, 2.45) is 0 Å². The number of aromatic amines is 1. The molecule has 0 bridgehead atoms. The molecule has 3 heterocycles. The van der Waals surface area contributed by atoms with Crippen LogP contribution in [0.2, 0.25) is 0 Å². The minimum atomic E-state index is -0.0723. The van der Waals surface area contributed by atoms with Gasteiger partial charge in [0.1, 0.15) is 17.2 Å². The van der Waals surface area contributed by atoms with E-state index in [2.05, 4.69) is 20.1 Å². The van der Waals surface area contributed by atoms with Crippen molar-refractivity contribution in [1.29, 1.82) is 0 Å². The summed E-state index contributed by atoms with van der Waals surface area (Å²) < 4.78 is 0. The average molecular weight is 272 g/mol. The fourth-order valence-electron chi connectivity index (χ4n) is 2.32. The molecule has 1 fully saturated rings. The lowest BCUT2D eigenvalue weighted by Crippen LogP contribution is -2.49. The van der Waals surface area contributed by atoms with Crippen molar-refractivity contribution in [2.75, 3.05) is 36.8 Å². The molecule has 3 rings (SSSR count). The third-order valence-corrected chi connectivity index (χ3v) is 3.44. The Morgan fingerprint density at radius 3 is 2.65 bits per heavy atom. The van der Waals surface area contributed by atoms with E-state index in [1.165, 1.54) is 6.20 Å². The van der Waals surface area contributed by atoms with Crippen LogP contribution < -0.4 is 10.6 Å². The van der Waals surface area contributed by atoms with Gasteiger partial charge in [0.25, 0.3) is 5.91 Å². The number of carbonyl (C=O) groups is 1. The van der Waals surface area contributed by atoms with E-state index in [1.54, 1.807) is 11.1 Å². The number of hydrogen-bond donors (Lipinski definition) is 2. The van der Waals surface area contributed by atoms with E-state index in [-0.39, 0.29) is 5.91 Å². The van der Waals surface area contributed by atoms with E-state index < -0.39 is 0 Å². The largest absolute Gasteiger partial charge is 0.383 e. The van der Waals surface area contributed by atoms with Crippen molar-refractivity contribution < 1.29 is 4.79 Å². The molecule has 1 amide bonds. The maximum absolute atomic E-state index is 12.3. The number of pyridine rings is 1. The molecule has 2 aromatic rings. The van der Waals surface area contributed by atoms with E-state index >= 15 is 0 Å². The van der Waals surface area contributed by atoms with Crippen molar-refractivity contribution >= 4 is 17.5 Å². The number of nitrogens with one attached hydrogen (secondary N) is 1. The predicted octanol–water partition coefficient (Wildman–Crippen LogP) is 0.349. The van der Waals surface area contributed by atoms with Crippen LogP contribution in [-0.2, 0) is 0 Å². The van der Waals surface area contributed by atoms with Crippen molar-refractivity contribution in [3.63, 3.8) is 0 Å². The van der Waals surface area contributed by atoms with Gasteiger partial charge in [0.05, 0.1) is 6.20 Å². The van der Waals surface area contributed by atoms with Gasteiger partial charge in [-0.15, -0.1) is 0 Å². The van der Waals surface area contributed by atoms with Crippen LogP contribution in [-0.4, -0.2) is 52.2 Å². The zero-order chi connectivity index (χ0) is 13.9. The molecule has 0 spiro atoms. The monoisotopic (exact) mass is 272 g/mol. The summed E-state index contributed by atoms with van der Waals surface area (Å²) in [5.74, 6) is 1.20. The summed E-state index contributed by atoms with van der Waals surface area (Å²) >= 11 is 0. The molecule has 0 saturated carbocycles. The fourth-order valence-corrected chi connectivity index (χ4v) is 2.32. The van der Waals surface area contributed by atoms with Gasteiger partial charge in [0.2, 0.25) is 0 Å². The molecule has 0 atom stereocenters. The molecule has 0 radical (unpaired) electrons. The molecule has 20 heavy (non-hydrogen) atoms. The molecule has 0 aromatic carbocycles. The topological polar surface area (TPSA) is 91.1 Å². The smallest absolute Gasteiger partial charge is 0.259 e. The van der Waals surface area contributed by atoms with Gasteiger partial charge in [-0.2, -0.15) is 5.10 Å². The fraction of sp³-hybridized carbons (Fsp3) is 0.308. The molecule has 0 aliphatic carbocycles. The predicted molar refractivity (Wildman–Crippen MR) is 75.4 cm³/mol. The van der Waals surface area contributed by atoms with Gasteiger partial charge in [-0.05, 0) is 12.1 Å². The van der Waals surface area contributed by atoms with Crippen LogP contribution in [0.1, 0.15) is 10.4 Å². The van der Waals surface area contributed by atoms with Gasteiger partial charge >= 0.3 is 0 Å². The van der Waals surface area contributed by atoms with Crippen LogP contribution in [0.5, 0.6) is 0 Å². The van der Waals surface area contributed by atoms with Crippen molar-refractivity contribution in [2.45, 2.75) is 0 Å². The number of piperazine rings is 1. The minimum absolute atomic E-state index is 0.0723. The Kier molecular flexibility index (Phi) is 3.24. The number of amides is 1. The summed E-state index contributed by atoms with van der Waals surface area (Å²) in [7, 11) is 0. The standard InChI is InChI=1S/C13H16N6O/c14-12-10(9-16-17-12)13(20)19-7-5-18(6-8-19)11-3-1-2-4-15-11/h1-4,9H,5-8H2,(H3,14,16,17). The normalized spacial score (nSPS) is 15.4. The Labute approximate surface area is 116 Å². The third kappa shape index (κ3) is 2.29. The Balaban J connectivity index is 1.64. The Bertz CT molecular complexity index is 588. The molecule has 2 aromatic heterocycles. The Hall–Kier alpha value is -2.57. The molecular formula is C13H16N6O. The lowest BCUT2D eigenvalue weighted by atomic mass is 10.2. The molecule has 104 valence electrons. The second-order valence-corrected chi connectivity index (χ2v) is 4.66. The molecule has 0 unspecified atom stereocenters. The van der Waals surface area contributed by atoms with Gasteiger partial charge in [0.15, 0.2) is 0 Å². The highest BCUT2D eigenvalue weighted by molar-refractivity contribution is 5.98. The highest BCUT2D eigenvalue weighted by Crippen LogP contribution is 2.15. The van der Waals surface area contributed by atoms with Gasteiger partial charge in [0, 0.05) is 32.4 Å².